The molecule has 2 aromatic heterocycles. The van der Waals surface area contributed by atoms with Crippen LogP contribution >= 0.6 is 11.3 Å². The molecule has 2 aromatic carbocycles. The second-order valence-electron chi connectivity index (χ2n) is 5.26. The molecule has 3 N–H and O–H groups in total. The van der Waals surface area contributed by atoms with Crippen LogP contribution < -0.4 is 11.1 Å². The van der Waals surface area contributed by atoms with Gasteiger partial charge in [0.2, 0.25) is 5.88 Å². The zero-order chi connectivity index (χ0) is 16.5. The first-order chi connectivity index (χ1) is 11.7. The number of aromatic nitrogens is 1. The van der Waals surface area contributed by atoms with E-state index in [1.165, 1.54) is 11.3 Å². The molecule has 0 aliphatic carbocycles. The van der Waals surface area contributed by atoms with Crippen molar-refractivity contribution in [3.8, 4) is 11.3 Å². The minimum absolute atomic E-state index is 0.00827. The molecule has 118 valence electrons. The molecule has 4 aromatic rings. The van der Waals surface area contributed by atoms with Crippen LogP contribution in [0.15, 0.2) is 63.8 Å². The molecule has 0 radical (unpaired) electrons. The zero-order valence-corrected chi connectivity index (χ0v) is 13.3. The van der Waals surface area contributed by atoms with Crippen molar-refractivity contribution in [3.05, 3.63) is 64.9 Å². The number of hydrogen-bond donors (Lipinski definition) is 2. The molecule has 0 fully saturated rings. The molecule has 0 atom stereocenters. The summed E-state index contributed by atoms with van der Waals surface area (Å²) in [6.45, 7) is 0. The highest BCUT2D eigenvalue weighted by molar-refractivity contribution is 7.08. The van der Waals surface area contributed by atoms with Crippen LogP contribution in [0.1, 0.15) is 10.4 Å². The minimum atomic E-state index is -0.341. The van der Waals surface area contributed by atoms with Crippen LogP contribution in [-0.4, -0.2) is 11.1 Å². The van der Waals surface area contributed by atoms with Crippen molar-refractivity contribution in [2.75, 3.05) is 11.1 Å². The Labute approximate surface area is 141 Å². The Bertz CT molecular complexity index is 1020. The van der Waals surface area contributed by atoms with E-state index in [1.54, 1.807) is 0 Å². The molecule has 0 saturated heterocycles. The van der Waals surface area contributed by atoms with Crippen LogP contribution in [0.3, 0.4) is 0 Å². The van der Waals surface area contributed by atoms with E-state index in [9.17, 15) is 4.79 Å². The largest absolute Gasteiger partial charge is 0.367 e. The van der Waals surface area contributed by atoms with Gasteiger partial charge in [-0.2, -0.15) is 11.3 Å². The van der Waals surface area contributed by atoms with E-state index in [0.717, 1.165) is 22.0 Å². The topological polar surface area (TPSA) is 81.2 Å². The van der Waals surface area contributed by atoms with E-state index in [1.807, 2.05) is 59.3 Å². The molecular formula is C18H13N3O2S. The lowest BCUT2D eigenvalue weighted by Crippen LogP contribution is -2.14. The van der Waals surface area contributed by atoms with Crippen LogP contribution in [0.25, 0.3) is 22.0 Å². The Morgan fingerprint density at radius 1 is 1.12 bits per heavy atom. The van der Waals surface area contributed by atoms with Crippen molar-refractivity contribution in [1.29, 1.82) is 0 Å². The highest BCUT2D eigenvalue weighted by Crippen LogP contribution is 2.30. The number of benzene rings is 2. The monoisotopic (exact) mass is 335 g/mol. The van der Waals surface area contributed by atoms with E-state index in [-0.39, 0.29) is 17.4 Å². The molecule has 5 nitrogen and oxygen atoms in total. The molecule has 2 heterocycles. The Morgan fingerprint density at radius 2 is 1.96 bits per heavy atom. The summed E-state index contributed by atoms with van der Waals surface area (Å²) in [6.07, 6.45) is 0. The van der Waals surface area contributed by atoms with Gasteiger partial charge in [-0.3, -0.25) is 4.79 Å². The number of carbonyl (C=O) groups is 1. The fourth-order valence-electron chi connectivity index (χ4n) is 2.64. The quantitative estimate of drug-likeness (QED) is 0.582. The number of nitrogen functional groups attached to an aromatic ring is 1. The second kappa shape index (κ2) is 5.82. The third kappa shape index (κ3) is 2.43. The molecule has 0 unspecified atom stereocenters. The van der Waals surface area contributed by atoms with E-state index < -0.39 is 0 Å². The van der Waals surface area contributed by atoms with Crippen LogP contribution in [0, 0.1) is 0 Å². The van der Waals surface area contributed by atoms with Gasteiger partial charge in [-0.1, -0.05) is 41.6 Å². The van der Waals surface area contributed by atoms with Gasteiger partial charge >= 0.3 is 0 Å². The normalized spacial score (nSPS) is 10.8. The van der Waals surface area contributed by atoms with Crippen LogP contribution in [0.2, 0.25) is 0 Å². The standard InChI is InChI=1S/C18H13N3O2S/c19-17-15(16(21-23-17)12-8-9-24-10-12)18(22)20-14-7-3-5-11-4-1-2-6-13(11)14/h1-10H,19H2,(H,20,22). The molecule has 1 amide bonds. The smallest absolute Gasteiger partial charge is 0.263 e. The number of anilines is 2. The van der Waals surface area contributed by atoms with Crippen molar-refractivity contribution in [2.45, 2.75) is 0 Å². The molecule has 0 saturated carbocycles. The summed E-state index contributed by atoms with van der Waals surface area (Å²) in [7, 11) is 0. The molecule has 0 aliphatic rings. The number of thiophene rings is 1. The molecule has 0 bridgehead atoms. The van der Waals surface area contributed by atoms with Crippen molar-refractivity contribution in [1.82, 2.24) is 5.16 Å². The van der Waals surface area contributed by atoms with E-state index in [4.69, 9.17) is 10.3 Å². The Hall–Kier alpha value is -3.12. The van der Waals surface area contributed by atoms with E-state index in [0.29, 0.717) is 5.69 Å². The van der Waals surface area contributed by atoms with Gasteiger partial charge in [0.05, 0.1) is 0 Å². The predicted molar refractivity (Wildman–Crippen MR) is 96.1 cm³/mol. The maximum Gasteiger partial charge on any atom is 0.263 e. The summed E-state index contributed by atoms with van der Waals surface area (Å²) in [5.74, 6) is -0.333. The van der Waals surface area contributed by atoms with Gasteiger partial charge in [0, 0.05) is 22.0 Å². The summed E-state index contributed by atoms with van der Waals surface area (Å²) >= 11 is 1.52. The number of nitrogens with one attached hydrogen (secondary N) is 1. The lowest BCUT2D eigenvalue weighted by molar-refractivity contribution is 0.102. The molecule has 0 aliphatic heterocycles. The summed E-state index contributed by atoms with van der Waals surface area (Å²) in [6, 6.07) is 15.5. The van der Waals surface area contributed by atoms with Gasteiger partial charge in [-0.05, 0) is 22.9 Å². The molecular weight excluding hydrogens is 322 g/mol. The Morgan fingerprint density at radius 3 is 2.79 bits per heavy atom. The summed E-state index contributed by atoms with van der Waals surface area (Å²) < 4.78 is 5.04. The highest BCUT2D eigenvalue weighted by Gasteiger charge is 2.23. The Balaban J connectivity index is 1.74. The number of hydrogen-bond acceptors (Lipinski definition) is 5. The first kappa shape index (κ1) is 14.5. The zero-order valence-electron chi connectivity index (χ0n) is 12.5. The summed E-state index contributed by atoms with van der Waals surface area (Å²) in [5.41, 5.74) is 8.06. The Kier molecular flexibility index (Phi) is 3.51. The maximum atomic E-state index is 12.8. The predicted octanol–water partition coefficient (Wildman–Crippen LogP) is 4.39. The number of fused-ring (bicyclic) bond motifs is 1. The molecule has 0 spiro atoms. The maximum absolute atomic E-state index is 12.8. The lowest BCUT2D eigenvalue weighted by Gasteiger charge is -2.08. The third-order valence-electron chi connectivity index (χ3n) is 3.78. The van der Waals surface area contributed by atoms with Crippen molar-refractivity contribution in [3.63, 3.8) is 0 Å². The summed E-state index contributed by atoms with van der Waals surface area (Å²) in [4.78, 5) is 12.8. The van der Waals surface area contributed by atoms with Gasteiger partial charge in [0.15, 0.2) is 0 Å². The molecule has 4 rings (SSSR count). The van der Waals surface area contributed by atoms with Gasteiger partial charge in [-0.15, -0.1) is 0 Å². The summed E-state index contributed by atoms with van der Waals surface area (Å²) in [5, 5.41) is 12.7. The van der Waals surface area contributed by atoms with Crippen LogP contribution in [-0.2, 0) is 0 Å². The fraction of sp³-hybridized carbons (Fsp3) is 0. The van der Waals surface area contributed by atoms with Crippen molar-refractivity contribution >= 4 is 39.6 Å². The molecule has 6 heteroatoms. The van der Waals surface area contributed by atoms with Crippen LogP contribution in [0.4, 0.5) is 11.6 Å². The van der Waals surface area contributed by atoms with E-state index >= 15 is 0 Å². The van der Waals surface area contributed by atoms with E-state index in [2.05, 4.69) is 10.5 Å². The highest BCUT2D eigenvalue weighted by atomic mass is 32.1. The minimum Gasteiger partial charge on any atom is -0.367 e. The second-order valence-corrected chi connectivity index (χ2v) is 6.04. The number of amides is 1. The fourth-order valence-corrected chi connectivity index (χ4v) is 3.28. The first-order valence-corrected chi connectivity index (χ1v) is 8.25. The van der Waals surface area contributed by atoms with Gasteiger partial charge in [-0.25, -0.2) is 0 Å². The van der Waals surface area contributed by atoms with Crippen molar-refractivity contribution in [2.24, 2.45) is 0 Å². The number of rotatable bonds is 3. The average Bonchev–Trinajstić information content (AvgIpc) is 3.24. The van der Waals surface area contributed by atoms with Gasteiger partial charge in [0.25, 0.3) is 5.91 Å². The van der Waals surface area contributed by atoms with Gasteiger partial charge in [0.1, 0.15) is 11.3 Å². The van der Waals surface area contributed by atoms with Crippen LogP contribution in [0.5, 0.6) is 0 Å². The SMILES string of the molecule is Nc1onc(-c2ccsc2)c1C(=O)Nc1cccc2ccccc12. The van der Waals surface area contributed by atoms with Gasteiger partial charge < -0.3 is 15.6 Å². The van der Waals surface area contributed by atoms with Crippen molar-refractivity contribution < 1.29 is 9.32 Å². The molecule has 24 heavy (non-hydrogen) atoms. The average molecular weight is 335 g/mol. The third-order valence-corrected chi connectivity index (χ3v) is 4.46. The number of carbonyl (C=O) groups excluding carboxylic acids is 1. The number of nitrogens with zero attached hydrogens (tertiary/aromatic N) is 1. The first-order valence-electron chi connectivity index (χ1n) is 7.31. The lowest BCUT2D eigenvalue weighted by atomic mass is 10.1. The number of nitrogens with two attached hydrogens (primary N) is 1.